The highest BCUT2D eigenvalue weighted by Crippen LogP contribution is 2.42. The predicted molar refractivity (Wildman–Crippen MR) is 131 cm³/mol. The van der Waals surface area contributed by atoms with E-state index in [1.54, 1.807) is 45.0 Å². The number of ether oxygens (including phenoxy) is 1. The summed E-state index contributed by atoms with van der Waals surface area (Å²) < 4.78 is 12.0. The molecule has 0 amide bonds. The normalized spacial score (nSPS) is 13.6. The van der Waals surface area contributed by atoms with Crippen molar-refractivity contribution in [2.45, 2.75) is 46.1 Å². The van der Waals surface area contributed by atoms with Crippen LogP contribution < -0.4 is 10.7 Å². The Morgan fingerprint density at radius 2 is 1.85 bits per heavy atom. The Bertz CT molecular complexity index is 1260. The van der Waals surface area contributed by atoms with Crippen LogP contribution in [0, 0.1) is 5.41 Å². The maximum atomic E-state index is 13.0. The molecular formula is C26H31ClNO6+. The molecule has 2 atom stereocenters. The van der Waals surface area contributed by atoms with Gasteiger partial charge in [0.2, 0.25) is 0 Å². The third-order valence-corrected chi connectivity index (χ3v) is 6.06. The third-order valence-electron chi connectivity index (χ3n) is 5.74. The topological polar surface area (TPSA) is 114 Å². The first-order chi connectivity index (χ1) is 16.0. The van der Waals surface area contributed by atoms with Crippen LogP contribution in [0.3, 0.4) is 0 Å². The summed E-state index contributed by atoms with van der Waals surface area (Å²) >= 11 is 6.32. The number of carbonyl (C=O) groups excluding carboxylic acids is 1. The highest BCUT2D eigenvalue weighted by molar-refractivity contribution is 6.33. The van der Waals surface area contributed by atoms with Crippen LogP contribution in [-0.4, -0.2) is 35.9 Å². The molecule has 7 nitrogen and oxygen atoms in total. The Morgan fingerprint density at radius 1 is 1.18 bits per heavy atom. The number of halogens is 1. The molecule has 0 saturated heterocycles. The van der Waals surface area contributed by atoms with Gasteiger partial charge in [0.05, 0.1) is 17.5 Å². The lowest BCUT2D eigenvalue weighted by atomic mass is 9.87. The number of esters is 1. The molecule has 2 unspecified atom stereocenters. The molecule has 0 aliphatic carbocycles. The summed E-state index contributed by atoms with van der Waals surface area (Å²) in [7, 11) is 1.86. The van der Waals surface area contributed by atoms with E-state index >= 15 is 0 Å². The predicted octanol–water partition coefficient (Wildman–Crippen LogP) is 4.17. The van der Waals surface area contributed by atoms with E-state index < -0.39 is 28.6 Å². The molecule has 0 aliphatic rings. The van der Waals surface area contributed by atoms with Crippen LogP contribution in [0.5, 0.6) is 11.5 Å². The molecule has 4 N–H and O–H groups in total. The molecule has 0 aliphatic heterocycles. The lowest BCUT2D eigenvalue weighted by Crippen LogP contribution is -2.82. The number of phenols is 2. The Balaban J connectivity index is 2.28. The minimum Gasteiger partial charge on any atom is -0.507 e. The van der Waals surface area contributed by atoms with Crippen LogP contribution in [0.25, 0.3) is 22.3 Å². The van der Waals surface area contributed by atoms with Gasteiger partial charge in [-0.05, 0) is 39.3 Å². The number of fused-ring (bicyclic) bond motifs is 1. The number of rotatable bonds is 7. The van der Waals surface area contributed by atoms with Gasteiger partial charge >= 0.3 is 5.97 Å². The smallest absolute Gasteiger partial charge is 0.311 e. The van der Waals surface area contributed by atoms with Crippen LogP contribution in [0.1, 0.15) is 45.6 Å². The molecule has 3 rings (SSSR count). The summed E-state index contributed by atoms with van der Waals surface area (Å²) in [4.78, 5) is 25.8. The number of nitrogens with two attached hydrogens (primary N) is 1. The van der Waals surface area contributed by atoms with Crippen molar-refractivity contribution in [3.63, 3.8) is 0 Å². The number of quaternary nitrogens is 1. The SMILES string of the molecule is CCC(c1c(O)cc(O)c2c(=O)cc(-c3ccccc3Cl)oc12)C(C[NH2+]C)OC(=O)C(C)(C)C. The average molecular weight is 489 g/mol. The number of benzene rings is 2. The minimum atomic E-state index is -0.715. The first kappa shape index (κ1) is 25.6. The van der Waals surface area contributed by atoms with Gasteiger partial charge in [0.25, 0.3) is 0 Å². The van der Waals surface area contributed by atoms with Crippen molar-refractivity contribution in [2.24, 2.45) is 5.41 Å². The monoisotopic (exact) mass is 488 g/mol. The number of aromatic hydroxyl groups is 2. The van der Waals surface area contributed by atoms with Crippen LogP contribution in [0.15, 0.2) is 45.6 Å². The van der Waals surface area contributed by atoms with E-state index in [2.05, 4.69) is 0 Å². The van der Waals surface area contributed by atoms with Crippen molar-refractivity contribution in [2.75, 3.05) is 13.6 Å². The lowest BCUT2D eigenvalue weighted by Gasteiger charge is -2.29. The van der Waals surface area contributed by atoms with Crippen molar-refractivity contribution in [1.82, 2.24) is 0 Å². The fourth-order valence-corrected chi connectivity index (χ4v) is 4.20. The van der Waals surface area contributed by atoms with Crippen molar-refractivity contribution >= 4 is 28.5 Å². The van der Waals surface area contributed by atoms with Gasteiger partial charge in [0, 0.05) is 29.2 Å². The minimum absolute atomic E-state index is 0.0414. The van der Waals surface area contributed by atoms with Crippen LogP contribution in [-0.2, 0) is 9.53 Å². The van der Waals surface area contributed by atoms with Gasteiger partial charge < -0.3 is 24.7 Å². The number of phenolic OH excluding ortho intramolecular Hbond substituents is 2. The van der Waals surface area contributed by atoms with Gasteiger partial charge in [-0.3, -0.25) is 9.59 Å². The number of hydrogen-bond donors (Lipinski definition) is 3. The summed E-state index contributed by atoms with van der Waals surface area (Å²) in [5.41, 5.74) is -0.347. The molecule has 0 radical (unpaired) electrons. The van der Waals surface area contributed by atoms with Gasteiger partial charge in [0.1, 0.15) is 34.8 Å². The molecule has 0 spiro atoms. The van der Waals surface area contributed by atoms with Gasteiger partial charge in [-0.25, -0.2) is 0 Å². The lowest BCUT2D eigenvalue weighted by molar-refractivity contribution is -0.634. The van der Waals surface area contributed by atoms with Gasteiger partial charge in [-0.1, -0.05) is 30.7 Å². The maximum Gasteiger partial charge on any atom is 0.311 e. The first-order valence-corrected chi connectivity index (χ1v) is 11.6. The molecule has 3 aromatic rings. The summed E-state index contributed by atoms with van der Waals surface area (Å²) in [5.74, 6) is -1.32. The number of hydrogen-bond acceptors (Lipinski definition) is 6. The van der Waals surface area contributed by atoms with E-state index in [1.165, 1.54) is 6.07 Å². The molecule has 8 heteroatoms. The Labute approximate surface area is 203 Å². The van der Waals surface area contributed by atoms with Gasteiger partial charge in [-0.15, -0.1) is 0 Å². The first-order valence-electron chi connectivity index (χ1n) is 11.3. The summed E-state index contributed by atoms with van der Waals surface area (Å²) in [5, 5.41) is 23.6. The van der Waals surface area contributed by atoms with Crippen LogP contribution in [0.4, 0.5) is 0 Å². The molecular weight excluding hydrogens is 458 g/mol. The second kappa shape index (κ2) is 10.1. The Morgan fingerprint density at radius 3 is 2.44 bits per heavy atom. The quantitative estimate of drug-likeness (QED) is 0.430. The zero-order chi connectivity index (χ0) is 25.2. The number of likely N-dealkylation sites (N-methyl/N-ethyl adjacent to an activating group) is 1. The van der Waals surface area contributed by atoms with Gasteiger partial charge in [-0.2, -0.15) is 0 Å². The molecule has 182 valence electrons. The average Bonchev–Trinajstić information content (AvgIpc) is 2.75. The van der Waals surface area contributed by atoms with E-state index in [4.69, 9.17) is 20.8 Å². The van der Waals surface area contributed by atoms with E-state index in [1.807, 2.05) is 19.3 Å². The van der Waals surface area contributed by atoms with Crippen molar-refractivity contribution in [3.8, 4) is 22.8 Å². The fraction of sp³-hybridized carbons (Fsp3) is 0.385. The molecule has 34 heavy (non-hydrogen) atoms. The molecule has 1 aromatic heterocycles. The summed E-state index contributed by atoms with van der Waals surface area (Å²) in [6, 6.07) is 9.31. The summed E-state index contributed by atoms with van der Waals surface area (Å²) in [6.07, 6.45) is -0.140. The second-order valence-corrected chi connectivity index (χ2v) is 9.75. The zero-order valence-corrected chi connectivity index (χ0v) is 20.8. The highest BCUT2D eigenvalue weighted by Gasteiger charge is 2.35. The van der Waals surface area contributed by atoms with E-state index in [9.17, 15) is 19.8 Å². The largest absolute Gasteiger partial charge is 0.507 e. The molecule has 1 heterocycles. The molecule has 0 fully saturated rings. The van der Waals surface area contributed by atoms with Crippen molar-refractivity contribution in [3.05, 3.63) is 57.2 Å². The second-order valence-electron chi connectivity index (χ2n) is 9.34. The van der Waals surface area contributed by atoms with E-state index in [-0.39, 0.29) is 28.4 Å². The van der Waals surface area contributed by atoms with Crippen molar-refractivity contribution < 1.29 is 29.5 Å². The maximum absolute atomic E-state index is 13.0. The molecule has 2 aromatic carbocycles. The van der Waals surface area contributed by atoms with E-state index in [0.717, 1.165) is 6.07 Å². The zero-order valence-electron chi connectivity index (χ0n) is 20.0. The Kier molecular flexibility index (Phi) is 7.58. The third kappa shape index (κ3) is 5.05. The van der Waals surface area contributed by atoms with E-state index in [0.29, 0.717) is 29.1 Å². The number of carbonyl (C=O) groups is 1. The van der Waals surface area contributed by atoms with Crippen LogP contribution >= 0.6 is 11.6 Å². The van der Waals surface area contributed by atoms with Crippen LogP contribution in [0.2, 0.25) is 5.02 Å². The standard InChI is InChI=1S/C26H30ClNO6/c1-6-14(21(13-28-5)34-25(32)26(2,3)4)22-17(29)11-18(30)23-19(31)12-20(33-24(22)23)15-9-7-8-10-16(15)27/h7-12,14,21,28-30H,6,13H2,1-5H3/p+1. The molecule has 0 bridgehead atoms. The van der Waals surface area contributed by atoms with Crippen molar-refractivity contribution in [1.29, 1.82) is 0 Å². The molecule has 0 saturated carbocycles. The Hall–Kier alpha value is -3.03. The summed E-state index contributed by atoms with van der Waals surface area (Å²) in [6.45, 7) is 7.63. The highest BCUT2D eigenvalue weighted by atomic mass is 35.5. The fourth-order valence-electron chi connectivity index (χ4n) is 3.97. The van der Waals surface area contributed by atoms with Gasteiger partial charge in [0.15, 0.2) is 11.5 Å².